The van der Waals surface area contributed by atoms with Crippen LogP contribution in [0.15, 0.2) is 12.4 Å². The SMILES string of the molecule is COc1nccnc1C(N)C1CCC(C)(C)CC1. The quantitative estimate of drug-likeness (QED) is 0.894. The zero-order valence-corrected chi connectivity index (χ0v) is 11.5. The molecule has 4 heteroatoms. The summed E-state index contributed by atoms with van der Waals surface area (Å²) in [5.74, 6) is 1.05. The lowest BCUT2D eigenvalue weighted by atomic mass is 9.71. The first-order chi connectivity index (χ1) is 8.53. The molecule has 1 aromatic heterocycles. The third kappa shape index (κ3) is 2.80. The predicted molar refractivity (Wildman–Crippen MR) is 71.3 cm³/mol. The molecule has 1 aliphatic carbocycles. The van der Waals surface area contributed by atoms with Crippen LogP contribution in [0, 0.1) is 11.3 Å². The van der Waals surface area contributed by atoms with Gasteiger partial charge >= 0.3 is 0 Å². The Bertz CT molecular complexity index is 396. The molecular formula is C14H23N3O. The summed E-state index contributed by atoms with van der Waals surface area (Å²) < 4.78 is 5.24. The Kier molecular flexibility index (Phi) is 3.85. The molecular weight excluding hydrogens is 226 g/mol. The summed E-state index contributed by atoms with van der Waals surface area (Å²) in [5, 5.41) is 0. The Labute approximate surface area is 109 Å². The highest BCUT2D eigenvalue weighted by atomic mass is 16.5. The number of hydrogen-bond acceptors (Lipinski definition) is 4. The first-order valence-electron chi connectivity index (χ1n) is 6.64. The number of aromatic nitrogens is 2. The van der Waals surface area contributed by atoms with Crippen LogP contribution in [0.2, 0.25) is 0 Å². The minimum Gasteiger partial charge on any atom is -0.480 e. The van der Waals surface area contributed by atoms with Gasteiger partial charge in [0.15, 0.2) is 0 Å². The highest BCUT2D eigenvalue weighted by Gasteiger charge is 2.32. The molecule has 0 saturated heterocycles. The lowest BCUT2D eigenvalue weighted by Crippen LogP contribution is -2.30. The monoisotopic (exact) mass is 249 g/mol. The van der Waals surface area contributed by atoms with E-state index in [2.05, 4.69) is 23.8 Å². The molecule has 0 aromatic carbocycles. The standard InChI is InChI=1S/C14H23N3O/c1-14(2)6-4-10(5-7-14)11(15)12-13(18-3)17-9-8-16-12/h8-11H,4-7,15H2,1-3H3. The molecule has 18 heavy (non-hydrogen) atoms. The van der Waals surface area contributed by atoms with Gasteiger partial charge in [-0.05, 0) is 37.0 Å². The highest BCUT2D eigenvalue weighted by Crippen LogP contribution is 2.42. The topological polar surface area (TPSA) is 61.0 Å². The summed E-state index contributed by atoms with van der Waals surface area (Å²) in [4.78, 5) is 8.53. The zero-order chi connectivity index (χ0) is 13.2. The van der Waals surface area contributed by atoms with Crippen molar-refractivity contribution in [2.75, 3.05) is 7.11 Å². The van der Waals surface area contributed by atoms with Crippen molar-refractivity contribution in [3.63, 3.8) is 0 Å². The Balaban J connectivity index is 2.10. The molecule has 0 aliphatic heterocycles. The maximum Gasteiger partial charge on any atom is 0.236 e. The maximum absolute atomic E-state index is 6.35. The number of nitrogens with two attached hydrogens (primary N) is 1. The molecule has 2 N–H and O–H groups in total. The van der Waals surface area contributed by atoms with E-state index >= 15 is 0 Å². The molecule has 1 saturated carbocycles. The van der Waals surface area contributed by atoms with E-state index in [1.54, 1.807) is 19.5 Å². The smallest absolute Gasteiger partial charge is 0.236 e. The van der Waals surface area contributed by atoms with Crippen LogP contribution in [0.4, 0.5) is 0 Å². The molecule has 2 rings (SSSR count). The van der Waals surface area contributed by atoms with E-state index in [0.29, 0.717) is 17.2 Å². The van der Waals surface area contributed by atoms with E-state index in [-0.39, 0.29) is 6.04 Å². The van der Waals surface area contributed by atoms with Crippen molar-refractivity contribution in [2.24, 2.45) is 17.1 Å². The van der Waals surface area contributed by atoms with E-state index in [9.17, 15) is 0 Å². The van der Waals surface area contributed by atoms with Crippen LogP contribution < -0.4 is 10.5 Å². The fraction of sp³-hybridized carbons (Fsp3) is 0.714. The van der Waals surface area contributed by atoms with E-state index in [0.717, 1.165) is 18.5 Å². The van der Waals surface area contributed by atoms with Gasteiger partial charge in [0.1, 0.15) is 5.69 Å². The largest absolute Gasteiger partial charge is 0.480 e. The van der Waals surface area contributed by atoms with Crippen LogP contribution >= 0.6 is 0 Å². The van der Waals surface area contributed by atoms with Crippen LogP contribution in [0.25, 0.3) is 0 Å². The summed E-state index contributed by atoms with van der Waals surface area (Å²) >= 11 is 0. The van der Waals surface area contributed by atoms with Gasteiger partial charge in [-0.2, -0.15) is 0 Å². The average molecular weight is 249 g/mol. The number of ether oxygens (including phenoxy) is 1. The van der Waals surface area contributed by atoms with Crippen LogP contribution in [0.5, 0.6) is 5.88 Å². The fourth-order valence-corrected chi connectivity index (χ4v) is 2.73. The molecule has 1 heterocycles. The fourth-order valence-electron chi connectivity index (χ4n) is 2.73. The van der Waals surface area contributed by atoms with Crippen LogP contribution in [-0.2, 0) is 0 Å². The van der Waals surface area contributed by atoms with Crippen molar-refractivity contribution in [2.45, 2.75) is 45.6 Å². The normalized spacial score (nSPS) is 21.6. The summed E-state index contributed by atoms with van der Waals surface area (Å²) in [6.45, 7) is 4.66. The Morgan fingerprint density at radius 2 is 1.89 bits per heavy atom. The first kappa shape index (κ1) is 13.3. The third-order valence-electron chi connectivity index (χ3n) is 4.09. The number of methoxy groups -OCH3 is 1. The second-order valence-electron chi connectivity index (χ2n) is 5.98. The second-order valence-corrected chi connectivity index (χ2v) is 5.98. The lowest BCUT2D eigenvalue weighted by molar-refractivity contribution is 0.171. The Hall–Kier alpha value is -1.16. The Morgan fingerprint density at radius 1 is 1.28 bits per heavy atom. The molecule has 100 valence electrons. The van der Waals surface area contributed by atoms with E-state index in [4.69, 9.17) is 10.5 Å². The summed E-state index contributed by atoms with van der Waals surface area (Å²) in [7, 11) is 1.62. The predicted octanol–water partition coefficient (Wildman–Crippen LogP) is 2.70. The summed E-state index contributed by atoms with van der Waals surface area (Å²) in [6.07, 6.45) is 8.10. The molecule has 1 fully saturated rings. The second kappa shape index (κ2) is 5.22. The molecule has 1 unspecified atom stereocenters. The van der Waals surface area contributed by atoms with Crippen LogP contribution in [0.1, 0.15) is 51.3 Å². The zero-order valence-electron chi connectivity index (χ0n) is 11.5. The lowest BCUT2D eigenvalue weighted by Gasteiger charge is -2.36. The molecule has 0 spiro atoms. The first-order valence-corrected chi connectivity index (χ1v) is 6.64. The molecule has 1 atom stereocenters. The van der Waals surface area contributed by atoms with Gasteiger partial charge in [0.05, 0.1) is 13.2 Å². The van der Waals surface area contributed by atoms with Crippen molar-refractivity contribution in [1.82, 2.24) is 9.97 Å². The minimum absolute atomic E-state index is 0.0650. The van der Waals surface area contributed by atoms with Gasteiger partial charge in [0, 0.05) is 12.4 Å². The molecule has 1 aromatic rings. The van der Waals surface area contributed by atoms with Gasteiger partial charge in [-0.3, -0.25) is 4.98 Å². The van der Waals surface area contributed by atoms with E-state index < -0.39 is 0 Å². The van der Waals surface area contributed by atoms with Gasteiger partial charge in [0.2, 0.25) is 5.88 Å². The van der Waals surface area contributed by atoms with E-state index in [1.807, 2.05) is 0 Å². The molecule has 0 bridgehead atoms. The van der Waals surface area contributed by atoms with Crippen molar-refractivity contribution in [3.8, 4) is 5.88 Å². The van der Waals surface area contributed by atoms with Gasteiger partial charge < -0.3 is 10.5 Å². The van der Waals surface area contributed by atoms with Gasteiger partial charge in [-0.15, -0.1) is 0 Å². The molecule has 4 nitrogen and oxygen atoms in total. The van der Waals surface area contributed by atoms with Gasteiger partial charge in [-0.25, -0.2) is 4.98 Å². The van der Waals surface area contributed by atoms with Crippen LogP contribution in [-0.4, -0.2) is 17.1 Å². The molecule has 1 aliphatic rings. The third-order valence-corrected chi connectivity index (χ3v) is 4.09. The number of hydrogen-bond donors (Lipinski definition) is 1. The van der Waals surface area contributed by atoms with Crippen LogP contribution in [0.3, 0.4) is 0 Å². The summed E-state index contributed by atoms with van der Waals surface area (Å²) in [6, 6.07) is -0.0650. The van der Waals surface area contributed by atoms with E-state index in [1.165, 1.54) is 12.8 Å². The minimum atomic E-state index is -0.0650. The van der Waals surface area contributed by atoms with Gasteiger partial charge in [-0.1, -0.05) is 13.8 Å². The van der Waals surface area contributed by atoms with Crippen molar-refractivity contribution in [1.29, 1.82) is 0 Å². The van der Waals surface area contributed by atoms with Crippen molar-refractivity contribution in [3.05, 3.63) is 18.1 Å². The summed E-state index contributed by atoms with van der Waals surface area (Å²) in [5.41, 5.74) is 7.61. The molecule has 0 radical (unpaired) electrons. The van der Waals surface area contributed by atoms with Crippen molar-refractivity contribution < 1.29 is 4.74 Å². The highest BCUT2D eigenvalue weighted by molar-refractivity contribution is 5.21. The average Bonchev–Trinajstić information content (AvgIpc) is 2.38. The van der Waals surface area contributed by atoms with Crippen molar-refractivity contribution >= 4 is 0 Å². The maximum atomic E-state index is 6.35. The Morgan fingerprint density at radius 3 is 2.50 bits per heavy atom. The molecule has 0 amide bonds. The van der Waals surface area contributed by atoms with Gasteiger partial charge in [0.25, 0.3) is 0 Å². The number of nitrogens with zero attached hydrogens (tertiary/aromatic N) is 2. The number of rotatable bonds is 3.